The number of nitrogens with one attached hydrogen (secondary N) is 1. The van der Waals surface area contributed by atoms with Crippen LogP contribution in [0, 0.1) is 6.92 Å². The first-order chi connectivity index (χ1) is 14.5. The lowest BCUT2D eigenvalue weighted by atomic mass is 10.0. The van der Waals surface area contributed by atoms with E-state index < -0.39 is 11.7 Å². The highest BCUT2D eigenvalue weighted by Gasteiger charge is 2.25. The van der Waals surface area contributed by atoms with E-state index in [9.17, 15) is 9.59 Å². The molecule has 0 aliphatic rings. The van der Waals surface area contributed by atoms with Gasteiger partial charge in [0.1, 0.15) is 11.4 Å². The molecule has 0 spiro atoms. The number of aryl methyl sites for hydroxylation is 1. The van der Waals surface area contributed by atoms with E-state index >= 15 is 0 Å². The standard InChI is InChI=1S/C24H19ClN2O3/c1-15-6-11-21(30-2)20(13-15)26-24(29)23(28)22-19(16-7-9-17(25)10-8-16)14-18-5-3-4-12-27(18)22/h3-14H,1-2H3,(H,26,29). The normalized spacial score (nSPS) is 10.8. The van der Waals surface area contributed by atoms with Gasteiger partial charge in [0.05, 0.1) is 12.8 Å². The van der Waals surface area contributed by atoms with Gasteiger partial charge in [-0.1, -0.05) is 35.9 Å². The Kier molecular flexibility index (Phi) is 5.29. The first-order valence-corrected chi connectivity index (χ1v) is 9.72. The third-order valence-electron chi connectivity index (χ3n) is 4.86. The van der Waals surface area contributed by atoms with Crippen LogP contribution in [0.3, 0.4) is 0 Å². The summed E-state index contributed by atoms with van der Waals surface area (Å²) in [7, 11) is 1.52. The number of hydrogen-bond donors (Lipinski definition) is 1. The number of nitrogens with zero attached hydrogens (tertiary/aromatic N) is 1. The average Bonchev–Trinajstić information content (AvgIpc) is 3.13. The molecule has 0 aliphatic carbocycles. The van der Waals surface area contributed by atoms with Crippen LogP contribution in [0.1, 0.15) is 16.1 Å². The topological polar surface area (TPSA) is 59.8 Å². The maximum Gasteiger partial charge on any atom is 0.298 e. The predicted octanol–water partition coefficient (Wildman–Crippen LogP) is 5.40. The minimum Gasteiger partial charge on any atom is -0.495 e. The summed E-state index contributed by atoms with van der Waals surface area (Å²) in [6, 6.07) is 20.0. The Hall–Kier alpha value is -3.57. The van der Waals surface area contributed by atoms with E-state index in [1.807, 2.05) is 49.4 Å². The quantitative estimate of drug-likeness (QED) is 0.349. The molecule has 0 fully saturated rings. The molecule has 2 aromatic heterocycles. The number of methoxy groups -OCH3 is 1. The number of carbonyl (C=O) groups excluding carboxylic acids is 2. The van der Waals surface area contributed by atoms with Crippen LogP contribution in [-0.2, 0) is 4.79 Å². The summed E-state index contributed by atoms with van der Waals surface area (Å²) in [5.74, 6) is -0.896. The van der Waals surface area contributed by atoms with E-state index in [0.717, 1.165) is 16.6 Å². The van der Waals surface area contributed by atoms with Gasteiger partial charge >= 0.3 is 0 Å². The minimum absolute atomic E-state index is 0.289. The number of pyridine rings is 1. The number of ether oxygens (including phenoxy) is 1. The number of rotatable bonds is 5. The van der Waals surface area contributed by atoms with E-state index in [-0.39, 0.29) is 5.69 Å². The number of aromatic nitrogens is 1. The van der Waals surface area contributed by atoms with Crippen molar-refractivity contribution >= 4 is 34.5 Å². The molecule has 0 radical (unpaired) electrons. The summed E-state index contributed by atoms with van der Waals surface area (Å²) in [6.45, 7) is 1.90. The number of ketones is 1. The number of amides is 1. The fourth-order valence-electron chi connectivity index (χ4n) is 3.41. The molecule has 6 heteroatoms. The van der Waals surface area contributed by atoms with Gasteiger partial charge < -0.3 is 14.5 Å². The van der Waals surface area contributed by atoms with E-state index in [0.29, 0.717) is 22.0 Å². The summed E-state index contributed by atoms with van der Waals surface area (Å²) >= 11 is 6.01. The van der Waals surface area contributed by atoms with Crippen molar-refractivity contribution in [2.24, 2.45) is 0 Å². The van der Waals surface area contributed by atoms with Crippen molar-refractivity contribution in [1.82, 2.24) is 4.40 Å². The second-order valence-electron chi connectivity index (χ2n) is 6.90. The number of Topliss-reactive ketones (excluding diaryl/α,β-unsaturated/α-hetero) is 1. The maximum atomic E-state index is 13.3. The second kappa shape index (κ2) is 8.05. The Balaban J connectivity index is 1.77. The van der Waals surface area contributed by atoms with Crippen LogP contribution in [0.4, 0.5) is 5.69 Å². The summed E-state index contributed by atoms with van der Waals surface area (Å²) in [5.41, 5.74) is 3.95. The molecule has 0 atom stereocenters. The van der Waals surface area contributed by atoms with Crippen LogP contribution in [0.5, 0.6) is 5.75 Å². The maximum absolute atomic E-state index is 13.3. The van der Waals surface area contributed by atoms with Crippen LogP contribution in [0.2, 0.25) is 5.02 Å². The van der Waals surface area contributed by atoms with Crippen LogP contribution in [-0.4, -0.2) is 23.2 Å². The van der Waals surface area contributed by atoms with Gasteiger partial charge in [-0.15, -0.1) is 0 Å². The molecule has 4 rings (SSSR count). The smallest absolute Gasteiger partial charge is 0.298 e. The Morgan fingerprint density at radius 1 is 1.00 bits per heavy atom. The highest BCUT2D eigenvalue weighted by atomic mass is 35.5. The highest BCUT2D eigenvalue weighted by Crippen LogP contribution is 2.30. The lowest BCUT2D eigenvalue weighted by Crippen LogP contribution is -2.25. The van der Waals surface area contributed by atoms with Crippen molar-refractivity contribution in [3.63, 3.8) is 0 Å². The molecule has 0 unspecified atom stereocenters. The van der Waals surface area contributed by atoms with E-state index in [4.69, 9.17) is 16.3 Å². The fourth-order valence-corrected chi connectivity index (χ4v) is 3.54. The Bertz CT molecular complexity index is 1260. The minimum atomic E-state index is -0.738. The fraction of sp³-hybridized carbons (Fsp3) is 0.0833. The van der Waals surface area contributed by atoms with Gasteiger partial charge in [0.15, 0.2) is 0 Å². The molecule has 2 aromatic carbocycles. The van der Waals surface area contributed by atoms with E-state index in [1.165, 1.54) is 7.11 Å². The number of carbonyl (C=O) groups is 2. The molecule has 30 heavy (non-hydrogen) atoms. The summed E-state index contributed by atoms with van der Waals surface area (Å²) in [5, 5.41) is 3.29. The molecule has 150 valence electrons. The highest BCUT2D eigenvalue weighted by molar-refractivity contribution is 6.47. The molecular weight excluding hydrogens is 400 g/mol. The zero-order chi connectivity index (χ0) is 21.3. The lowest BCUT2D eigenvalue weighted by Gasteiger charge is -2.11. The SMILES string of the molecule is COc1ccc(C)cc1NC(=O)C(=O)c1c(-c2ccc(Cl)cc2)cc2ccccn12. The summed E-state index contributed by atoms with van der Waals surface area (Å²) in [4.78, 5) is 26.2. The van der Waals surface area contributed by atoms with E-state index in [2.05, 4.69) is 5.32 Å². The number of halogens is 1. The van der Waals surface area contributed by atoms with Crippen molar-refractivity contribution in [3.05, 3.63) is 89.2 Å². The van der Waals surface area contributed by atoms with Gasteiger partial charge in [0.2, 0.25) is 0 Å². The van der Waals surface area contributed by atoms with Gasteiger partial charge in [-0.25, -0.2) is 0 Å². The van der Waals surface area contributed by atoms with Gasteiger partial charge in [0, 0.05) is 22.3 Å². The number of hydrogen-bond acceptors (Lipinski definition) is 3. The monoisotopic (exact) mass is 418 g/mol. The average molecular weight is 419 g/mol. The van der Waals surface area contributed by atoms with Crippen LogP contribution >= 0.6 is 11.6 Å². The van der Waals surface area contributed by atoms with Gasteiger partial charge in [-0.3, -0.25) is 9.59 Å². The largest absolute Gasteiger partial charge is 0.495 e. The molecule has 0 aliphatic heterocycles. The molecule has 0 bridgehead atoms. The third-order valence-corrected chi connectivity index (χ3v) is 5.11. The first kappa shape index (κ1) is 19.7. The zero-order valence-corrected chi connectivity index (χ0v) is 17.2. The molecule has 4 aromatic rings. The number of anilines is 1. The Labute approximate surface area is 178 Å². The molecular formula is C24H19ClN2O3. The molecule has 5 nitrogen and oxygen atoms in total. The molecule has 1 N–H and O–H groups in total. The van der Waals surface area contributed by atoms with Crippen LogP contribution in [0.25, 0.3) is 16.6 Å². The van der Waals surface area contributed by atoms with Crippen molar-refractivity contribution in [2.75, 3.05) is 12.4 Å². The van der Waals surface area contributed by atoms with Gasteiger partial charge in [-0.2, -0.15) is 0 Å². The predicted molar refractivity (Wildman–Crippen MR) is 119 cm³/mol. The summed E-state index contributed by atoms with van der Waals surface area (Å²) in [6.07, 6.45) is 1.77. The molecule has 0 saturated heterocycles. The third kappa shape index (κ3) is 3.67. The van der Waals surface area contributed by atoms with Crippen molar-refractivity contribution in [2.45, 2.75) is 6.92 Å². The second-order valence-corrected chi connectivity index (χ2v) is 7.33. The number of benzene rings is 2. The number of fused-ring (bicyclic) bond motifs is 1. The van der Waals surface area contributed by atoms with E-state index in [1.54, 1.807) is 34.9 Å². The molecule has 2 heterocycles. The lowest BCUT2D eigenvalue weighted by molar-refractivity contribution is -0.112. The molecule has 0 saturated carbocycles. The van der Waals surface area contributed by atoms with Crippen molar-refractivity contribution < 1.29 is 14.3 Å². The Morgan fingerprint density at radius 2 is 1.77 bits per heavy atom. The zero-order valence-electron chi connectivity index (χ0n) is 16.5. The molecule has 1 amide bonds. The van der Waals surface area contributed by atoms with Gasteiger partial charge in [0.25, 0.3) is 11.7 Å². The first-order valence-electron chi connectivity index (χ1n) is 9.34. The Morgan fingerprint density at radius 3 is 2.50 bits per heavy atom. The summed E-state index contributed by atoms with van der Waals surface area (Å²) < 4.78 is 7.02. The van der Waals surface area contributed by atoms with Gasteiger partial charge in [-0.05, 0) is 60.5 Å². The van der Waals surface area contributed by atoms with Crippen LogP contribution in [0.15, 0.2) is 72.9 Å². The van der Waals surface area contributed by atoms with Crippen molar-refractivity contribution in [1.29, 1.82) is 0 Å². The van der Waals surface area contributed by atoms with Crippen molar-refractivity contribution in [3.8, 4) is 16.9 Å². The van der Waals surface area contributed by atoms with Crippen LogP contribution < -0.4 is 10.1 Å².